The monoisotopic (exact) mass is 306 g/mol. The number of benzene rings is 1. The molecule has 0 bridgehead atoms. The van der Waals surface area contributed by atoms with Crippen LogP contribution in [0.15, 0.2) is 24.3 Å². The molecule has 0 spiro atoms. The lowest BCUT2D eigenvalue weighted by Crippen LogP contribution is -2.49. The number of aromatic carboxylic acids is 1. The molecule has 120 valence electrons. The molecular formula is C16H22N2O4. The third-order valence-corrected chi connectivity index (χ3v) is 3.73. The number of ether oxygens (including phenoxy) is 1. The van der Waals surface area contributed by atoms with E-state index < -0.39 is 5.97 Å². The number of rotatable bonds is 5. The van der Waals surface area contributed by atoms with Gasteiger partial charge in [0.1, 0.15) is 0 Å². The number of carboxylic acid groups (broad SMARTS) is 1. The van der Waals surface area contributed by atoms with Crippen LogP contribution in [0.4, 0.5) is 4.79 Å². The first-order valence-corrected chi connectivity index (χ1v) is 7.45. The Morgan fingerprint density at radius 2 is 2.05 bits per heavy atom. The minimum atomic E-state index is -0.956. The van der Waals surface area contributed by atoms with Crippen LogP contribution in [0.5, 0.6) is 0 Å². The van der Waals surface area contributed by atoms with Crippen LogP contribution in [-0.2, 0) is 11.3 Å². The van der Waals surface area contributed by atoms with Crippen molar-refractivity contribution >= 4 is 12.0 Å². The van der Waals surface area contributed by atoms with E-state index in [-0.39, 0.29) is 23.7 Å². The third-order valence-electron chi connectivity index (χ3n) is 3.73. The van der Waals surface area contributed by atoms with Crippen molar-refractivity contribution in [2.24, 2.45) is 0 Å². The van der Waals surface area contributed by atoms with Crippen molar-refractivity contribution in [1.29, 1.82) is 0 Å². The average molecular weight is 306 g/mol. The topological polar surface area (TPSA) is 78.9 Å². The summed E-state index contributed by atoms with van der Waals surface area (Å²) in [5.74, 6) is -0.956. The maximum Gasteiger partial charge on any atom is 0.335 e. The fourth-order valence-corrected chi connectivity index (χ4v) is 2.60. The highest BCUT2D eigenvalue weighted by Crippen LogP contribution is 2.16. The van der Waals surface area contributed by atoms with Gasteiger partial charge in [-0.05, 0) is 38.0 Å². The van der Waals surface area contributed by atoms with Gasteiger partial charge in [0.2, 0.25) is 0 Å². The van der Waals surface area contributed by atoms with Gasteiger partial charge in [0, 0.05) is 19.2 Å². The van der Waals surface area contributed by atoms with Gasteiger partial charge in [-0.1, -0.05) is 12.1 Å². The SMILES string of the molecule is CC(C)N(C(=O)NCc1ccc(C(=O)O)cc1)C1CCOC1. The highest BCUT2D eigenvalue weighted by molar-refractivity contribution is 5.87. The van der Waals surface area contributed by atoms with E-state index in [1.807, 2.05) is 18.7 Å². The minimum Gasteiger partial charge on any atom is -0.478 e. The van der Waals surface area contributed by atoms with Gasteiger partial charge in [-0.15, -0.1) is 0 Å². The van der Waals surface area contributed by atoms with Crippen molar-refractivity contribution in [1.82, 2.24) is 10.2 Å². The second-order valence-corrected chi connectivity index (χ2v) is 5.68. The molecule has 1 heterocycles. The van der Waals surface area contributed by atoms with Crippen molar-refractivity contribution in [3.63, 3.8) is 0 Å². The van der Waals surface area contributed by atoms with E-state index in [1.54, 1.807) is 12.1 Å². The van der Waals surface area contributed by atoms with E-state index in [9.17, 15) is 9.59 Å². The van der Waals surface area contributed by atoms with Crippen LogP contribution in [-0.4, -0.2) is 47.3 Å². The molecule has 2 amide bonds. The number of hydrogen-bond donors (Lipinski definition) is 2. The number of carbonyl (C=O) groups excluding carboxylic acids is 1. The summed E-state index contributed by atoms with van der Waals surface area (Å²) in [4.78, 5) is 25.0. The van der Waals surface area contributed by atoms with Crippen LogP contribution in [0.3, 0.4) is 0 Å². The number of carboxylic acids is 1. The summed E-state index contributed by atoms with van der Waals surface area (Å²) in [5, 5.41) is 11.8. The maximum atomic E-state index is 12.4. The predicted octanol–water partition coefficient (Wildman–Crippen LogP) is 2.09. The van der Waals surface area contributed by atoms with E-state index in [0.29, 0.717) is 19.8 Å². The third kappa shape index (κ3) is 3.98. The summed E-state index contributed by atoms with van der Waals surface area (Å²) in [6.45, 7) is 5.62. The van der Waals surface area contributed by atoms with Crippen molar-refractivity contribution in [3.05, 3.63) is 35.4 Å². The summed E-state index contributed by atoms with van der Waals surface area (Å²) < 4.78 is 5.36. The summed E-state index contributed by atoms with van der Waals surface area (Å²) in [6.07, 6.45) is 0.860. The van der Waals surface area contributed by atoms with Gasteiger partial charge in [-0.3, -0.25) is 0 Å². The number of nitrogens with one attached hydrogen (secondary N) is 1. The second kappa shape index (κ2) is 7.26. The van der Waals surface area contributed by atoms with Gasteiger partial charge in [-0.2, -0.15) is 0 Å². The van der Waals surface area contributed by atoms with Gasteiger partial charge >= 0.3 is 12.0 Å². The second-order valence-electron chi connectivity index (χ2n) is 5.68. The number of nitrogens with zero attached hydrogens (tertiary/aromatic N) is 1. The zero-order chi connectivity index (χ0) is 16.1. The molecule has 0 saturated carbocycles. The molecule has 6 nitrogen and oxygen atoms in total. The maximum absolute atomic E-state index is 12.4. The molecule has 1 aliphatic rings. The van der Waals surface area contributed by atoms with E-state index in [2.05, 4.69) is 5.32 Å². The lowest BCUT2D eigenvalue weighted by Gasteiger charge is -2.31. The average Bonchev–Trinajstić information content (AvgIpc) is 2.99. The molecule has 1 saturated heterocycles. The Morgan fingerprint density at radius 1 is 1.36 bits per heavy atom. The van der Waals surface area contributed by atoms with Gasteiger partial charge in [-0.25, -0.2) is 9.59 Å². The Labute approximate surface area is 130 Å². The number of carbonyl (C=O) groups is 2. The molecular weight excluding hydrogens is 284 g/mol. The van der Waals surface area contributed by atoms with E-state index >= 15 is 0 Å². The Bertz CT molecular complexity index is 521. The Morgan fingerprint density at radius 3 is 2.55 bits per heavy atom. The van der Waals surface area contributed by atoms with Gasteiger partial charge in [0.15, 0.2) is 0 Å². The van der Waals surface area contributed by atoms with E-state index in [1.165, 1.54) is 12.1 Å². The Balaban J connectivity index is 1.93. The molecule has 0 radical (unpaired) electrons. The molecule has 1 aromatic rings. The summed E-state index contributed by atoms with van der Waals surface area (Å²) in [6, 6.07) is 6.59. The fourth-order valence-electron chi connectivity index (χ4n) is 2.60. The van der Waals surface area contributed by atoms with Crippen LogP contribution in [0.2, 0.25) is 0 Å². The normalized spacial score (nSPS) is 17.5. The van der Waals surface area contributed by atoms with Crippen molar-refractivity contribution < 1.29 is 19.4 Å². The summed E-state index contributed by atoms with van der Waals surface area (Å²) >= 11 is 0. The Kier molecular flexibility index (Phi) is 5.38. The van der Waals surface area contributed by atoms with Crippen molar-refractivity contribution in [2.75, 3.05) is 13.2 Å². The number of hydrogen-bond acceptors (Lipinski definition) is 3. The highest BCUT2D eigenvalue weighted by atomic mass is 16.5. The molecule has 1 fully saturated rings. The molecule has 22 heavy (non-hydrogen) atoms. The molecule has 0 aromatic heterocycles. The lowest BCUT2D eigenvalue weighted by molar-refractivity contribution is 0.0696. The van der Waals surface area contributed by atoms with Crippen LogP contribution < -0.4 is 5.32 Å². The van der Waals surface area contributed by atoms with Crippen LogP contribution >= 0.6 is 0 Å². The predicted molar refractivity (Wildman–Crippen MR) is 81.8 cm³/mol. The van der Waals surface area contributed by atoms with Crippen LogP contribution in [0.1, 0.15) is 36.2 Å². The zero-order valence-corrected chi connectivity index (χ0v) is 12.9. The summed E-state index contributed by atoms with van der Waals surface area (Å²) in [7, 11) is 0. The van der Waals surface area contributed by atoms with E-state index in [4.69, 9.17) is 9.84 Å². The number of urea groups is 1. The van der Waals surface area contributed by atoms with Gasteiger partial charge < -0.3 is 20.1 Å². The highest BCUT2D eigenvalue weighted by Gasteiger charge is 2.29. The summed E-state index contributed by atoms with van der Waals surface area (Å²) in [5.41, 5.74) is 1.10. The molecule has 1 atom stereocenters. The van der Waals surface area contributed by atoms with Crippen LogP contribution in [0.25, 0.3) is 0 Å². The minimum absolute atomic E-state index is 0.0982. The standard InChI is InChI=1S/C16H22N2O4/c1-11(2)18(14-7-8-22-10-14)16(21)17-9-12-3-5-13(6-4-12)15(19)20/h3-6,11,14H,7-10H2,1-2H3,(H,17,21)(H,19,20). The molecule has 1 unspecified atom stereocenters. The molecule has 6 heteroatoms. The van der Waals surface area contributed by atoms with Crippen molar-refractivity contribution in [2.45, 2.75) is 38.9 Å². The van der Waals surface area contributed by atoms with E-state index in [0.717, 1.165) is 12.0 Å². The van der Waals surface area contributed by atoms with Gasteiger partial charge in [0.05, 0.1) is 18.2 Å². The first-order valence-electron chi connectivity index (χ1n) is 7.45. The quantitative estimate of drug-likeness (QED) is 0.873. The lowest BCUT2D eigenvalue weighted by atomic mass is 10.1. The molecule has 2 N–H and O–H groups in total. The smallest absolute Gasteiger partial charge is 0.335 e. The molecule has 1 aromatic carbocycles. The van der Waals surface area contributed by atoms with Crippen molar-refractivity contribution in [3.8, 4) is 0 Å². The Hall–Kier alpha value is -2.08. The zero-order valence-electron chi connectivity index (χ0n) is 12.9. The fraction of sp³-hybridized carbons (Fsp3) is 0.500. The molecule has 0 aliphatic carbocycles. The first kappa shape index (κ1) is 16.3. The van der Waals surface area contributed by atoms with Gasteiger partial charge in [0.25, 0.3) is 0 Å². The molecule has 2 rings (SSSR count). The number of amides is 2. The largest absolute Gasteiger partial charge is 0.478 e. The molecule has 1 aliphatic heterocycles. The van der Waals surface area contributed by atoms with Crippen LogP contribution in [0, 0.1) is 0 Å². The first-order chi connectivity index (χ1) is 10.5.